The molecular weight excluding hydrogens is 272 g/mol. The van der Waals surface area contributed by atoms with Crippen LogP contribution < -0.4 is 11.1 Å². The Morgan fingerprint density at radius 2 is 2.28 bits per heavy atom. The number of nitrogens with two attached hydrogens (primary N) is 1. The van der Waals surface area contributed by atoms with E-state index in [0.717, 1.165) is 5.75 Å². The van der Waals surface area contributed by atoms with Crippen molar-refractivity contribution in [2.24, 2.45) is 5.73 Å². The highest BCUT2D eigenvalue weighted by Crippen LogP contribution is 2.10. The lowest BCUT2D eigenvalue weighted by Gasteiger charge is -2.10. The average Bonchev–Trinajstić information content (AvgIpc) is 2.74. The number of carbonyl (C=O) groups excluding carboxylic acids is 1. The minimum absolute atomic E-state index is 0. The average molecular weight is 293 g/mol. The molecule has 0 aromatic carbocycles. The van der Waals surface area contributed by atoms with Crippen molar-refractivity contribution in [2.75, 3.05) is 17.3 Å². The van der Waals surface area contributed by atoms with Crippen molar-refractivity contribution >= 4 is 35.8 Å². The summed E-state index contributed by atoms with van der Waals surface area (Å²) < 4.78 is 1.79. The minimum Gasteiger partial charge on any atom is -0.322 e. The number of nitrogens with one attached hydrogen (secondary N) is 1. The van der Waals surface area contributed by atoms with Gasteiger partial charge in [-0.1, -0.05) is 0 Å². The topological polar surface area (TPSA) is 72.9 Å². The number of hydrogen-bond acceptors (Lipinski definition) is 4. The van der Waals surface area contributed by atoms with Gasteiger partial charge >= 0.3 is 0 Å². The Kier molecular flexibility index (Phi) is 8.06. The number of carbonyl (C=O) groups is 1. The number of anilines is 1. The molecule has 1 heterocycles. The molecule has 1 rings (SSSR count). The SMILES string of the molecule is CSCC[C@H](N)C(=O)Nc1cnn(C(C)C)c1.Cl. The minimum atomic E-state index is -0.454. The Balaban J connectivity index is 0.00000289. The highest BCUT2D eigenvalue weighted by atomic mass is 35.5. The van der Waals surface area contributed by atoms with E-state index in [9.17, 15) is 4.79 Å². The zero-order chi connectivity index (χ0) is 12.8. The maximum Gasteiger partial charge on any atom is 0.241 e. The van der Waals surface area contributed by atoms with Crippen molar-refractivity contribution in [3.63, 3.8) is 0 Å². The van der Waals surface area contributed by atoms with Crippen LogP contribution >= 0.6 is 24.2 Å². The van der Waals surface area contributed by atoms with Crippen LogP contribution in [0, 0.1) is 0 Å². The molecule has 0 bridgehead atoms. The van der Waals surface area contributed by atoms with E-state index in [1.165, 1.54) is 0 Å². The van der Waals surface area contributed by atoms with Gasteiger partial charge in [-0.05, 0) is 32.3 Å². The molecule has 1 amide bonds. The van der Waals surface area contributed by atoms with Crippen LogP contribution in [0.2, 0.25) is 0 Å². The lowest BCUT2D eigenvalue weighted by atomic mass is 10.2. The predicted molar refractivity (Wildman–Crippen MR) is 79.5 cm³/mol. The summed E-state index contributed by atoms with van der Waals surface area (Å²) in [6, 6.07) is -0.171. The van der Waals surface area contributed by atoms with Crippen molar-refractivity contribution in [3.05, 3.63) is 12.4 Å². The Hall–Kier alpha value is -0.720. The van der Waals surface area contributed by atoms with Gasteiger partial charge in [0.2, 0.25) is 5.91 Å². The smallest absolute Gasteiger partial charge is 0.241 e. The van der Waals surface area contributed by atoms with Crippen LogP contribution in [0.25, 0.3) is 0 Å². The molecule has 0 saturated heterocycles. The van der Waals surface area contributed by atoms with Gasteiger partial charge < -0.3 is 11.1 Å². The summed E-state index contributed by atoms with van der Waals surface area (Å²) in [7, 11) is 0. The first-order chi connectivity index (χ1) is 8.04. The van der Waals surface area contributed by atoms with Crippen LogP contribution in [0.4, 0.5) is 5.69 Å². The van der Waals surface area contributed by atoms with Gasteiger partial charge in [0.05, 0.1) is 17.9 Å². The number of rotatable bonds is 6. The Labute approximate surface area is 118 Å². The third kappa shape index (κ3) is 5.29. The van der Waals surface area contributed by atoms with Crippen LogP contribution in [0.3, 0.4) is 0 Å². The van der Waals surface area contributed by atoms with Gasteiger partial charge in [0.1, 0.15) is 0 Å². The summed E-state index contributed by atoms with van der Waals surface area (Å²) in [6.07, 6.45) is 6.13. The Morgan fingerprint density at radius 3 is 2.78 bits per heavy atom. The summed E-state index contributed by atoms with van der Waals surface area (Å²) >= 11 is 1.69. The van der Waals surface area contributed by atoms with Crippen LogP contribution in [-0.4, -0.2) is 33.7 Å². The molecule has 1 atom stereocenters. The van der Waals surface area contributed by atoms with Crippen molar-refractivity contribution in [1.82, 2.24) is 9.78 Å². The van der Waals surface area contributed by atoms with Gasteiger partial charge in [0.15, 0.2) is 0 Å². The number of halogens is 1. The van der Waals surface area contributed by atoms with Gasteiger partial charge in [-0.25, -0.2) is 0 Å². The fourth-order valence-electron chi connectivity index (χ4n) is 1.30. The molecule has 3 N–H and O–H groups in total. The molecule has 1 aromatic rings. The molecule has 1 aromatic heterocycles. The molecule has 0 aliphatic heterocycles. The normalized spacial score (nSPS) is 12.1. The monoisotopic (exact) mass is 292 g/mol. The van der Waals surface area contributed by atoms with E-state index < -0.39 is 6.04 Å². The highest BCUT2D eigenvalue weighted by Gasteiger charge is 2.13. The van der Waals surface area contributed by atoms with Crippen LogP contribution in [0.15, 0.2) is 12.4 Å². The van der Waals surface area contributed by atoms with E-state index in [-0.39, 0.29) is 24.4 Å². The molecule has 0 radical (unpaired) electrons. The predicted octanol–water partition coefficient (Wildman–Crippen LogP) is 1.90. The molecule has 0 saturated carbocycles. The quantitative estimate of drug-likeness (QED) is 0.840. The van der Waals surface area contributed by atoms with Crippen molar-refractivity contribution in [1.29, 1.82) is 0 Å². The van der Waals surface area contributed by atoms with E-state index >= 15 is 0 Å². The lowest BCUT2D eigenvalue weighted by molar-refractivity contribution is -0.117. The summed E-state index contributed by atoms with van der Waals surface area (Å²) in [5, 5.41) is 6.92. The van der Waals surface area contributed by atoms with E-state index in [1.807, 2.05) is 26.3 Å². The molecule has 0 unspecified atom stereocenters. The van der Waals surface area contributed by atoms with Crippen molar-refractivity contribution in [2.45, 2.75) is 32.4 Å². The third-order valence-corrected chi connectivity index (χ3v) is 3.01. The van der Waals surface area contributed by atoms with Crippen LogP contribution in [0.1, 0.15) is 26.3 Å². The number of nitrogens with zero attached hydrogens (tertiary/aromatic N) is 2. The van der Waals surface area contributed by atoms with E-state index in [1.54, 1.807) is 22.6 Å². The fourth-order valence-corrected chi connectivity index (χ4v) is 1.79. The highest BCUT2D eigenvalue weighted by molar-refractivity contribution is 7.98. The summed E-state index contributed by atoms with van der Waals surface area (Å²) in [5.41, 5.74) is 6.46. The van der Waals surface area contributed by atoms with Crippen molar-refractivity contribution < 1.29 is 4.79 Å². The molecule has 18 heavy (non-hydrogen) atoms. The number of thioether (sulfide) groups is 1. The number of aromatic nitrogens is 2. The summed E-state index contributed by atoms with van der Waals surface area (Å²) in [4.78, 5) is 11.7. The zero-order valence-corrected chi connectivity index (χ0v) is 12.6. The van der Waals surface area contributed by atoms with E-state index in [0.29, 0.717) is 12.1 Å². The Bertz CT molecular complexity index is 370. The van der Waals surface area contributed by atoms with Gasteiger partial charge in [0, 0.05) is 12.2 Å². The zero-order valence-electron chi connectivity index (χ0n) is 10.9. The molecule has 0 fully saturated rings. The maximum atomic E-state index is 11.7. The largest absolute Gasteiger partial charge is 0.322 e. The standard InChI is InChI=1S/C11H20N4OS.ClH/c1-8(2)15-7-9(6-13-15)14-11(16)10(12)4-5-17-3;/h6-8,10H,4-5,12H2,1-3H3,(H,14,16);1H/t10-;/m0./s1. The molecule has 104 valence electrons. The van der Waals surface area contributed by atoms with Gasteiger partial charge in [0.25, 0.3) is 0 Å². The van der Waals surface area contributed by atoms with Crippen molar-refractivity contribution in [3.8, 4) is 0 Å². The Morgan fingerprint density at radius 1 is 1.61 bits per heavy atom. The summed E-state index contributed by atoms with van der Waals surface area (Å²) in [6.45, 7) is 4.06. The van der Waals surface area contributed by atoms with E-state index in [2.05, 4.69) is 10.4 Å². The first-order valence-electron chi connectivity index (χ1n) is 5.64. The third-order valence-electron chi connectivity index (χ3n) is 2.37. The van der Waals surface area contributed by atoms with Crippen LogP contribution in [-0.2, 0) is 4.79 Å². The van der Waals surface area contributed by atoms with Crippen LogP contribution in [0.5, 0.6) is 0 Å². The second kappa shape index (κ2) is 8.39. The van der Waals surface area contributed by atoms with Gasteiger partial charge in [-0.15, -0.1) is 12.4 Å². The van der Waals surface area contributed by atoms with Gasteiger partial charge in [-0.3, -0.25) is 9.48 Å². The molecule has 0 spiro atoms. The molecule has 0 aliphatic rings. The maximum absolute atomic E-state index is 11.7. The molecular formula is C11H21ClN4OS. The summed E-state index contributed by atoms with van der Waals surface area (Å²) in [5.74, 6) is 0.738. The number of hydrogen-bond donors (Lipinski definition) is 2. The first kappa shape index (κ1) is 17.3. The first-order valence-corrected chi connectivity index (χ1v) is 7.03. The molecule has 7 heteroatoms. The van der Waals surface area contributed by atoms with Gasteiger partial charge in [-0.2, -0.15) is 16.9 Å². The number of amides is 1. The molecule has 5 nitrogen and oxygen atoms in total. The second-order valence-electron chi connectivity index (χ2n) is 4.18. The fraction of sp³-hybridized carbons (Fsp3) is 0.636. The molecule has 0 aliphatic carbocycles. The second-order valence-corrected chi connectivity index (χ2v) is 5.17. The van der Waals surface area contributed by atoms with E-state index in [4.69, 9.17) is 5.73 Å². The lowest BCUT2D eigenvalue weighted by Crippen LogP contribution is -2.35.